The Morgan fingerprint density at radius 2 is 0.609 bits per heavy atom. The molecule has 46 heavy (non-hydrogen) atoms. The van der Waals surface area contributed by atoms with E-state index in [2.05, 4.69) is 41.5 Å². The molecule has 0 atom stereocenters. The average molecular weight is 611 g/mol. The van der Waals surface area contributed by atoms with E-state index in [1.54, 1.807) is 24.3 Å². The third kappa shape index (κ3) is 4.13. The summed E-state index contributed by atoms with van der Waals surface area (Å²) in [6, 6.07) is 19.4. The van der Waals surface area contributed by atoms with Crippen molar-refractivity contribution in [3.05, 3.63) is 146 Å². The van der Waals surface area contributed by atoms with E-state index in [0.717, 1.165) is 20.3 Å². The van der Waals surface area contributed by atoms with Gasteiger partial charge in [-0.05, 0) is 70.5 Å². The molecule has 0 saturated carbocycles. The number of hydrogen-bond donors (Lipinski definition) is 0. The van der Waals surface area contributed by atoms with Crippen LogP contribution in [0.5, 0.6) is 0 Å². The molecule has 0 bridgehead atoms. The maximum atomic E-state index is 13.8. The van der Waals surface area contributed by atoms with Crippen LogP contribution in [0.4, 0.5) is 0 Å². The molecular formula is C38H30N2O6. The second kappa shape index (κ2) is 9.50. The summed E-state index contributed by atoms with van der Waals surface area (Å²) in [5, 5.41) is -0.0584. The van der Waals surface area contributed by atoms with Gasteiger partial charge in [-0.15, -0.1) is 0 Å². The molecule has 7 aromatic rings. The van der Waals surface area contributed by atoms with Gasteiger partial charge < -0.3 is 0 Å². The molecule has 0 aliphatic rings. The van der Waals surface area contributed by atoms with Gasteiger partial charge in [0.25, 0.3) is 22.2 Å². The summed E-state index contributed by atoms with van der Waals surface area (Å²) in [7, 11) is 0. The molecule has 0 spiro atoms. The lowest BCUT2D eigenvalue weighted by atomic mass is 9.87. The van der Waals surface area contributed by atoms with Crippen LogP contribution < -0.4 is 33.1 Å². The molecular weight excluding hydrogens is 580 g/mol. The van der Waals surface area contributed by atoms with Crippen LogP contribution in [0.3, 0.4) is 0 Å². The van der Waals surface area contributed by atoms with Gasteiger partial charge in [-0.2, -0.15) is 0 Å². The molecule has 5 aromatic carbocycles. The quantitative estimate of drug-likeness (QED) is 0.256. The Morgan fingerprint density at radius 3 is 0.826 bits per heavy atom. The second-order valence-corrected chi connectivity index (χ2v) is 14.0. The van der Waals surface area contributed by atoms with Gasteiger partial charge in [-0.1, -0.05) is 65.8 Å². The summed E-state index contributed by atoms with van der Waals surface area (Å²) >= 11 is 0. The van der Waals surface area contributed by atoms with E-state index in [-0.39, 0.29) is 53.9 Å². The number of aromatic nitrogens is 2. The average Bonchev–Trinajstić information content (AvgIpc) is 3.40. The van der Waals surface area contributed by atoms with Gasteiger partial charge in [-0.3, -0.25) is 28.8 Å². The highest BCUT2D eigenvalue weighted by atomic mass is 16.2. The smallest absolute Gasteiger partial charge is 0.266 e. The molecule has 0 aliphatic carbocycles. The molecule has 0 fully saturated rings. The molecule has 2 aromatic heterocycles. The van der Waals surface area contributed by atoms with Gasteiger partial charge in [0.15, 0.2) is 10.9 Å². The number of benzene rings is 5. The first kappa shape index (κ1) is 29.2. The van der Waals surface area contributed by atoms with Crippen LogP contribution in [0, 0.1) is 0 Å². The monoisotopic (exact) mass is 610 g/mol. The molecule has 0 unspecified atom stereocenters. The predicted molar refractivity (Wildman–Crippen MR) is 184 cm³/mol. The van der Waals surface area contributed by atoms with Crippen LogP contribution in [0.2, 0.25) is 0 Å². The molecule has 228 valence electrons. The Kier molecular flexibility index (Phi) is 6.04. The van der Waals surface area contributed by atoms with E-state index in [4.69, 9.17) is 0 Å². The molecule has 0 radical (unpaired) electrons. The predicted octanol–water partition coefficient (Wildman–Crippen LogP) is 4.95. The van der Waals surface area contributed by atoms with Crippen LogP contribution in [-0.2, 0) is 10.8 Å². The first-order valence-electron chi connectivity index (χ1n) is 15.0. The minimum atomic E-state index is -0.597. The van der Waals surface area contributed by atoms with Crippen molar-refractivity contribution in [1.29, 1.82) is 0 Å². The van der Waals surface area contributed by atoms with Gasteiger partial charge in [0.05, 0.1) is 32.9 Å². The van der Waals surface area contributed by atoms with Crippen molar-refractivity contribution in [3.8, 4) is 11.4 Å². The van der Waals surface area contributed by atoms with Crippen LogP contribution in [-0.4, -0.2) is 9.13 Å². The summed E-state index contributed by atoms with van der Waals surface area (Å²) < 4.78 is 2.08. The highest BCUT2D eigenvalue weighted by Crippen LogP contribution is 2.25. The summed E-state index contributed by atoms with van der Waals surface area (Å²) in [4.78, 5) is 81.7. The third-order valence-electron chi connectivity index (χ3n) is 9.01. The minimum absolute atomic E-state index is 0.0190. The number of fused-ring (bicyclic) bond motifs is 4. The van der Waals surface area contributed by atoms with Crippen LogP contribution >= 0.6 is 0 Å². The van der Waals surface area contributed by atoms with Crippen molar-refractivity contribution in [2.24, 2.45) is 0 Å². The number of rotatable bonds is 2. The van der Waals surface area contributed by atoms with Crippen molar-refractivity contribution in [2.45, 2.75) is 52.4 Å². The van der Waals surface area contributed by atoms with Crippen molar-refractivity contribution in [1.82, 2.24) is 9.13 Å². The summed E-state index contributed by atoms with van der Waals surface area (Å²) in [5.41, 5.74) is -0.964. The summed E-state index contributed by atoms with van der Waals surface area (Å²) in [6.45, 7) is 12.3. The van der Waals surface area contributed by atoms with E-state index in [9.17, 15) is 28.8 Å². The van der Waals surface area contributed by atoms with Gasteiger partial charge in [0, 0.05) is 21.5 Å². The molecule has 8 heteroatoms. The van der Waals surface area contributed by atoms with E-state index in [1.165, 1.54) is 24.3 Å². The Labute approximate surface area is 261 Å². The lowest BCUT2D eigenvalue weighted by molar-refractivity contribution is 0.590. The maximum absolute atomic E-state index is 13.8. The molecule has 2 heterocycles. The largest absolute Gasteiger partial charge is 0.289 e. The number of hydrogen-bond acceptors (Lipinski definition) is 6. The molecule has 0 N–H and O–H groups in total. The van der Waals surface area contributed by atoms with Crippen LogP contribution in [0.25, 0.3) is 54.5 Å². The first-order chi connectivity index (χ1) is 21.6. The normalized spacial score (nSPS) is 12.7. The van der Waals surface area contributed by atoms with Crippen LogP contribution in [0.15, 0.2) is 102 Å². The summed E-state index contributed by atoms with van der Waals surface area (Å²) in [5.74, 6) is 0. The second-order valence-electron chi connectivity index (χ2n) is 14.0. The lowest BCUT2D eigenvalue weighted by Crippen LogP contribution is -2.23. The van der Waals surface area contributed by atoms with Crippen molar-refractivity contribution in [3.63, 3.8) is 0 Å². The fourth-order valence-corrected chi connectivity index (χ4v) is 6.31. The van der Waals surface area contributed by atoms with Gasteiger partial charge in [0.1, 0.15) is 0 Å². The van der Waals surface area contributed by atoms with E-state index < -0.39 is 33.1 Å². The highest BCUT2D eigenvalue weighted by molar-refractivity contribution is 6.07. The minimum Gasteiger partial charge on any atom is -0.289 e. The first-order valence-corrected chi connectivity index (χ1v) is 15.0. The number of nitrogens with zero attached hydrogens (tertiary/aromatic N) is 2. The zero-order valence-electron chi connectivity index (χ0n) is 26.3. The van der Waals surface area contributed by atoms with Crippen molar-refractivity contribution in [2.75, 3.05) is 0 Å². The Bertz CT molecular complexity index is 2430. The third-order valence-corrected chi connectivity index (χ3v) is 9.01. The zero-order chi connectivity index (χ0) is 33.0. The zero-order valence-corrected chi connectivity index (χ0v) is 26.3. The van der Waals surface area contributed by atoms with Gasteiger partial charge >= 0.3 is 0 Å². The maximum Gasteiger partial charge on any atom is 0.266 e. The van der Waals surface area contributed by atoms with E-state index in [1.807, 2.05) is 24.3 Å². The topological polar surface area (TPSA) is 112 Å². The molecule has 7 rings (SSSR count). The van der Waals surface area contributed by atoms with Gasteiger partial charge in [0.2, 0.25) is 0 Å². The Hall–Kier alpha value is -5.50. The lowest BCUT2D eigenvalue weighted by Gasteiger charge is -2.19. The fraction of sp³-hybridized carbons (Fsp3) is 0.211. The molecule has 0 amide bonds. The molecule has 0 aliphatic heterocycles. The SMILES string of the molecule is CC(C)(C)c1ccc(-n2c(=O)c3cc4c(=O)c5cc6c(=O)n(-c7ccc(C(C)(C)C)cc7)c(=O)c6cc5c(=O)c4cc3c2=O)cc1. The standard InChI is InChI=1S/C38H30N2O6/c1-37(2,3)19-7-11-21(12-8-19)39-33(43)27-15-23-24(16-28(27)34(39)44)32(42)26-18-30-29(17-25(26)31(23)41)35(45)40(36(30)46)22-13-9-20(10-14-22)38(4,5)6/h7-18H,1-6H3. The Balaban J connectivity index is 1.46. The fourth-order valence-electron chi connectivity index (χ4n) is 6.31. The van der Waals surface area contributed by atoms with Gasteiger partial charge in [-0.25, -0.2) is 9.13 Å². The summed E-state index contributed by atoms with van der Waals surface area (Å²) in [6.07, 6.45) is 0. The van der Waals surface area contributed by atoms with E-state index in [0.29, 0.717) is 11.4 Å². The van der Waals surface area contributed by atoms with Crippen molar-refractivity contribution < 1.29 is 0 Å². The highest BCUT2D eigenvalue weighted by Gasteiger charge is 2.23. The molecule has 8 nitrogen and oxygen atoms in total. The Morgan fingerprint density at radius 1 is 0.370 bits per heavy atom. The van der Waals surface area contributed by atoms with E-state index >= 15 is 0 Å². The molecule has 0 saturated heterocycles. The van der Waals surface area contributed by atoms with Crippen molar-refractivity contribution >= 4 is 43.1 Å². The van der Waals surface area contributed by atoms with Crippen LogP contribution in [0.1, 0.15) is 52.7 Å².